The van der Waals surface area contributed by atoms with Crippen molar-refractivity contribution >= 4 is 14.0 Å². The first-order valence-electron chi connectivity index (χ1n) is 3.65. The van der Waals surface area contributed by atoms with Gasteiger partial charge >= 0.3 is 5.97 Å². The maximum absolute atomic E-state index is 10.4. The summed E-state index contributed by atoms with van der Waals surface area (Å²) >= 11 is 0. The number of hydrogen-bond donors (Lipinski definition) is 1. The molecule has 2 atom stereocenters. The number of carboxylic acid groups (broad SMARTS) is 1. The Morgan fingerprint density at radius 3 is 2.10 bits per heavy atom. The van der Waals surface area contributed by atoms with Crippen molar-refractivity contribution in [1.29, 1.82) is 0 Å². The van der Waals surface area contributed by atoms with E-state index in [1.807, 2.05) is 0 Å². The van der Waals surface area contributed by atoms with E-state index in [0.29, 0.717) is 5.54 Å². The average Bonchev–Trinajstić information content (AvgIpc) is 2.35. The second kappa shape index (κ2) is 2.09. The molecule has 0 aromatic carbocycles. The van der Waals surface area contributed by atoms with Gasteiger partial charge in [-0.25, -0.2) is 0 Å². The van der Waals surface area contributed by atoms with Crippen LogP contribution >= 0.6 is 0 Å². The Morgan fingerprint density at radius 2 is 2.00 bits per heavy atom. The van der Waals surface area contributed by atoms with Crippen molar-refractivity contribution in [3.63, 3.8) is 0 Å². The largest absolute Gasteiger partial charge is 0.481 e. The minimum absolute atomic E-state index is 0.00617. The predicted octanol–water partition coefficient (Wildman–Crippen LogP) is 1.80. The van der Waals surface area contributed by atoms with Crippen LogP contribution in [0.3, 0.4) is 0 Å². The zero-order valence-corrected chi connectivity index (χ0v) is 7.72. The van der Waals surface area contributed by atoms with E-state index in [2.05, 4.69) is 19.6 Å². The third-order valence-corrected chi connectivity index (χ3v) is 5.08. The van der Waals surface area contributed by atoms with Crippen molar-refractivity contribution in [1.82, 2.24) is 0 Å². The van der Waals surface area contributed by atoms with Crippen molar-refractivity contribution in [3.8, 4) is 0 Å². The quantitative estimate of drug-likeness (QED) is 0.622. The second-order valence-electron chi connectivity index (χ2n) is 4.15. The molecule has 0 aliphatic heterocycles. The van der Waals surface area contributed by atoms with Crippen molar-refractivity contribution in [2.24, 2.45) is 5.92 Å². The zero-order chi connectivity index (χ0) is 7.94. The highest BCUT2D eigenvalue weighted by Crippen LogP contribution is 2.51. The van der Waals surface area contributed by atoms with Crippen molar-refractivity contribution < 1.29 is 9.90 Å². The first-order chi connectivity index (χ1) is 4.43. The Morgan fingerprint density at radius 1 is 1.50 bits per heavy atom. The summed E-state index contributed by atoms with van der Waals surface area (Å²) in [5.74, 6) is -0.584. The summed E-state index contributed by atoms with van der Waals surface area (Å²) in [5, 5.41) is 8.61. The SMILES string of the molecule is C[Si](C)(C)[C@H]1C[C@H]1C(=O)O. The molecule has 2 nitrogen and oxygen atoms in total. The van der Waals surface area contributed by atoms with Gasteiger partial charge < -0.3 is 5.11 Å². The standard InChI is InChI=1S/C7H14O2Si/c1-10(2,3)6-4-5(6)7(8)9/h5-6H,4H2,1-3H3,(H,8,9)/t5-,6+/m1/s1. The predicted molar refractivity (Wildman–Crippen MR) is 42.8 cm³/mol. The minimum Gasteiger partial charge on any atom is -0.481 e. The highest BCUT2D eigenvalue weighted by Gasteiger charge is 2.50. The van der Waals surface area contributed by atoms with E-state index < -0.39 is 14.0 Å². The van der Waals surface area contributed by atoms with Crippen LogP contribution in [0.25, 0.3) is 0 Å². The summed E-state index contributed by atoms with van der Waals surface area (Å²) in [6, 6.07) is 0. The van der Waals surface area contributed by atoms with Crippen LogP contribution in [0, 0.1) is 5.92 Å². The Labute approximate surface area is 62.3 Å². The van der Waals surface area contributed by atoms with E-state index in [1.54, 1.807) is 0 Å². The fraction of sp³-hybridized carbons (Fsp3) is 0.857. The normalized spacial score (nSPS) is 31.9. The molecule has 3 heteroatoms. The Balaban J connectivity index is 2.46. The summed E-state index contributed by atoms with van der Waals surface area (Å²) in [6.45, 7) is 6.71. The lowest BCUT2D eigenvalue weighted by molar-refractivity contribution is -0.138. The monoisotopic (exact) mass is 158 g/mol. The number of aliphatic carboxylic acids is 1. The molecule has 0 bridgehead atoms. The van der Waals surface area contributed by atoms with E-state index in [0.717, 1.165) is 6.42 Å². The molecule has 1 saturated carbocycles. The molecule has 58 valence electrons. The molecule has 1 N–H and O–H groups in total. The first-order valence-corrected chi connectivity index (χ1v) is 7.23. The van der Waals surface area contributed by atoms with Crippen LogP contribution in [-0.2, 0) is 4.79 Å². The van der Waals surface area contributed by atoms with Gasteiger partial charge in [-0.15, -0.1) is 0 Å². The third kappa shape index (κ3) is 1.40. The molecule has 1 aliphatic carbocycles. The molecule has 0 heterocycles. The lowest BCUT2D eigenvalue weighted by Crippen LogP contribution is -2.22. The van der Waals surface area contributed by atoms with Crippen molar-refractivity contribution in [3.05, 3.63) is 0 Å². The number of rotatable bonds is 2. The molecule has 0 aromatic heterocycles. The van der Waals surface area contributed by atoms with E-state index in [4.69, 9.17) is 5.11 Å². The molecule has 0 spiro atoms. The van der Waals surface area contributed by atoms with Gasteiger partial charge in [0.15, 0.2) is 0 Å². The van der Waals surface area contributed by atoms with Crippen LogP contribution in [0.1, 0.15) is 6.42 Å². The number of carbonyl (C=O) groups is 1. The minimum atomic E-state index is -1.13. The van der Waals surface area contributed by atoms with Crippen LogP contribution in [0.15, 0.2) is 0 Å². The smallest absolute Gasteiger partial charge is 0.306 e. The number of carboxylic acids is 1. The summed E-state index contributed by atoms with van der Waals surface area (Å²) < 4.78 is 0. The summed E-state index contributed by atoms with van der Waals surface area (Å²) in [7, 11) is -1.13. The molecule has 10 heavy (non-hydrogen) atoms. The fourth-order valence-corrected chi connectivity index (χ4v) is 3.74. The van der Waals surface area contributed by atoms with Gasteiger partial charge in [0, 0.05) is 8.07 Å². The summed E-state index contributed by atoms with van der Waals surface area (Å²) in [6.07, 6.45) is 0.936. The molecule has 0 radical (unpaired) electrons. The van der Waals surface area contributed by atoms with Crippen LogP contribution in [-0.4, -0.2) is 19.1 Å². The maximum atomic E-state index is 10.4. The van der Waals surface area contributed by atoms with E-state index in [1.165, 1.54) is 0 Å². The van der Waals surface area contributed by atoms with E-state index in [-0.39, 0.29) is 5.92 Å². The third-order valence-electron chi connectivity index (χ3n) is 2.22. The summed E-state index contributed by atoms with van der Waals surface area (Å²) in [4.78, 5) is 10.4. The van der Waals surface area contributed by atoms with E-state index >= 15 is 0 Å². The highest BCUT2D eigenvalue weighted by molar-refractivity contribution is 6.78. The topological polar surface area (TPSA) is 37.3 Å². The molecule has 0 aromatic rings. The van der Waals surface area contributed by atoms with Gasteiger partial charge in [0.05, 0.1) is 5.92 Å². The van der Waals surface area contributed by atoms with E-state index in [9.17, 15) is 4.79 Å². The van der Waals surface area contributed by atoms with Gasteiger partial charge in [-0.2, -0.15) is 0 Å². The van der Waals surface area contributed by atoms with Gasteiger partial charge in [0.25, 0.3) is 0 Å². The van der Waals surface area contributed by atoms with Gasteiger partial charge in [-0.3, -0.25) is 4.79 Å². The molecule has 1 aliphatic rings. The molecule has 0 amide bonds. The van der Waals surface area contributed by atoms with Gasteiger partial charge in [-0.05, 0) is 12.0 Å². The average molecular weight is 158 g/mol. The first kappa shape index (κ1) is 7.79. The lowest BCUT2D eigenvalue weighted by Gasteiger charge is -2.13. The molecule has 1 rings (SSSR count). The van der Waals surface area contributed by atoms with Crippen LogP contribution in [0.2, 0.25) is 25.2 Å². The Hall–Kier alpha value is -0.313. The summed E-state index contributed by atoms with van der Waals surface area (Å²) in [5.41, 5.74) is 0.546. The molecule has 0 saturated heterocycles. The van der Waals surface area contributed by atoms with Crippen LogP contribution < -0.4 is 0 Å². The van der Waals surface area contributed by atoms with Gasteiger partial charge in [0.2, 0.25) is 0 Å². The molecule has 1 fully saturated rings. The maximum Gasteiger partial charge on any atom is 0.306 e. The molecular formula is C7H14O2Si. The highest BCUT2D eigenvalue weighted by atomic mass is 28.3. The number of hydrogen-bond acceptors (Lipinski definition) is 1. The van der Waals surface area contributed by atoms with Crippen molar-refractivity contribution in [2.75, 3.05) is 0 Å². The zero-order valence-electron chi connectivity index (χ0n) is 6.72. The molecule has 0 unspecified atom stereocenters. The van der Waals surface area contributed by atoms with Crippen LogP contribution in [0.4, 0.5) is 0 Å². The Bertz CT molecular complexity index is 159. The lowest BCUT2D eigenvalue weighted by atomic mass is 10.4. The van der Waals surface area contributed by atoms with Crippen LogP contribution in [0.5, 0.6) is 0 Å². The van der Waals surface area contributed by atoms with Crippen molar-refractivity contribution in [2.45, 2.75) is 31.6 Å². The second-order valence-corrected chi connectivity index (χ2v) is 9.63. The van der Waals surface area contributed by atoms with Gasteiger partial charge in [-0.1, -0.05) is 19.6 Å². The fourth-order valence-electron chi connectivity index (χ4n) is 1.43. The van der Waals surface area contributed by atoms with Gasteiger partial charge in [0.1, 0.15) is 0 Å². The molecular weight excluding hydrogens is 144 g/mol. The Kier molecular flexibility index (Phi) is 1.62.